The highest BCUT2D eigenvalue weighted by atomic mass is 16.5. The second kappa shape index (κ2) is 6.80. The lowest BCUT2D eigenvalue weighted by Crippen LogP contribution is -2.30. The summed E-state index contributed by atoms with van der Waals surface area (Å²) in [6.07, 6.45) is 8.07. The smallest absolute Gasteiger partial charge is 0.160 e. The summed E-state index contributed by atoms with van der Waals surface area (Å²) in [4.78, 5) is 2.42. The summed E-state index contributed by atoms with van der Waals surface area (Å²) in [7, 11) is 3.77. The van der Waals surface area contributed by atoms with Gasteiger partial charge in [0.15, 0.2) is 11.5 Å². The number of methoxy groups -OCH3 is 1. The van der Waals surface area contributed by atoms with Gasteiger partial charge in [-0.25, -0.2) is 0 Å². The fourth-order valence-electron chi connectivity index (χ4n) is 2.95. The highest BCUT2D eigenvalue weighted by Crippen LogP contribution is 2.28. The van der Waals surface area contributed by atoms with Gasteiger partial charge in [-0.15, -0.1) is 0 Å². The maximum absolute atomic E-state index is 9.82. The summed E-state index contributed by atoms with van der Waals surface area (Å²) >= 11 is 0. The lowest BCUT2D eigenvalue weighted by Gasteiger charge is -2.27. The third kappa shape index (κ3) is 3.87. The molecule has 1 aliphatic carbocycles. The molecule has 1 aliphatic rings. The first-order valence-electron chi connectivity index (χ1n) is 7.27. The van der Waals surface area contributed by atoms with Gasteiger partial charge in [-0.2, -0.15) is 0 Å². The number of hydrogen-bond donors (Lipinski definition) is 1. The van der Waals surface area contributed by atoms with Gasteiger partial charge < -0.3 is 9.84 Å². The van der Waals surface area contributed by atoms with Gasteiger partial charge in [0.1, 0.15) is 0 Å². The third-order valence-corrected chi connectivity index (χ3v) is 4.12. The normalized spacial score (nSPS) is 17.4. The average Bonchev–Trinajstić information content (AvgIpc) is 2.68. The summed E-state index contributed by atoms with van der Waals surface area (Å²) in [6, 6.07) is 6.37. The molecule has 106 valence electrons. The molecule has 3 nitrogen and oxygen atoms in total. The molecule has 1 fully saturated rings. The zero-order chi connectivity index (χ0) is 13.7. The van der Waals surface area contributed by atoms with Crippen LogP contribution in [0, 0.1) is 0 Å². The van der Waals surface area contributed by atoms with Crippen molar-refractivity contribution in [1.82, 2.24) is 4.90 Å². The SMILES string of the molecule is COc1ccc(CN(C)C2CCCCCC2)cc1O. The zero-order valence-corrected chi connectivity index (χ0v) is 12.1. The van der Waals surface area contributed by atoms with Crippen molar-refractivity contribution in [2.75, 3.05) is 14.2 Å². The summed E-state index contributed by atoms with van der Waals surface area (Å²) < 4.78 is 5.07. The molecule has 0 unspecified atom stereocenters. The van der Waals surface area contributed by atoms with Crippen LogP contribution in [0.25, 0.3) is 0 Å². The highest BCUT2D eigenvalue weighted by molar-refractivity contribution is 5.41. The number of hydrogen-bond acceptors (Lipinski definition) is 3. The van der Waals surface area contributed by atoms with Gasteiger partial charge in [-0.05, 0) is 37.6 Å². The Morgan fingerprint density at radius 2 is 1.89 bits per heavy atom. The molecule has 1 saturated carbocycles. The molecule has 1 aromatic rings. The molecule has 0 saturated heterocycles. The quantitative estimate of drug-likeness (QED) is 0.843. The van der Waals surface area contributed by atoms with Gasteiger partial charge >= 0.3 is 0 Å². The molecular formula is C16H25NO2. The summed E-state index contributed by atoms with van der Waals surface area (Å²) in [5.41, 5.74) is 1.14. The van der Waals surface area contributed by atoms with Gasteiger partial charge in [0.25, 0.3) is 0 Å². The van der Waals surface area contributed by atoms with E-state index in [-0.39, 0.29) is 5.75 Å². The average molecular weight is 263 g/mol. The number of aromatic hydroxyl groups is 1. The van der Waals surface area contributed by atoms with E-state index in [0.29, 0.717) is 11.8 Å². The first-order valence-corrected chi connectivity index (χ1v) is 7.27. The molecule has 0 radical (unpaired) electrons. The van der Waals surface area contributed by atoms with Gasteiger partial charge in [0, 0.05) is 12.6 Å². The van der Waals surface area contributed by atoms with Gasteiger partial charge in [0.2, 0.25) is 0 Å². The zero-order valence-electron chi connectivity index (χ0n) is 12.1. The predicted octanol–water partition coefficient (Wildman–Crippen LogP) is 3.56. The molecule has 1 N–H and O–H groups in total. The van der Waals surface area contributed by atoms with E-state index in [1.165, 1.54) is 38.5 Å². The van der Waals surface area contributed by atoms with Crippen LogP contribution in [0.4, 0.5) is 0 Å². The van der Waals surface area contributed by atoms with Crippen molar-refractivity contribution in [3.05, 3.63) is 23.8 Å². The van der Waals surface area contributed by atoms with E-state index in [4.69, 9.17) is 4.74 Å². The molecular weight excluding hydrogens is 238 g/mol. The van der Waals surface area contributed by atoms with Crippen LogP contribution in [-0.4, -0.2) is 30.2 Å². The molecule has 0 bridgehead atoms. The number of nitrogens with zero attached hydrogens (tertiary/aromatic N) is 1. The number of benzene rings is 1. The molecule has 3 heteroatoms. The Morgan fingerprint density at radius 1 is 1.21 bits per heavy atom. The van der Waals surface area contributed by atoms with E-state index in [1.807, 2.05) is 18.2 Å². The molecule has 2 rings (SSSR count). The van der Waals surface area contributed by atoms with E-state index < -0.39 is 0 Å². The Hall–Kier alpha value is -1.22. The van der Waals surface area contributed by atoms with Crippen LogP contribution in [0.1, 0.15) is 44.1 Å². The van der Waals surface area contributed by atoms with Crippen LogP contribution < -0.4 is 4.74 Å². The Bertz CT molecular complexity index is 398. The maximum Gasteiger partial charge on any atom is 0.160 e. The third-order valence-electron chi connectivity index (χ3n) is 4.12. The van der Waals surface area contributed by atoms with E-state index in [9.17, 15) is 5.11 Å². The molecule has 0 aromatic heterocycles. The highest BCUT2D eigenvalue weighted by Gasteiger charge is 2.17. The number of phenols is 1. The van der Waals surface area contributed by atoms with Gasteiger partial charge in [-0.3, -0.25) is 4.90 Å². The molecule has 19 heavy (non-hydrogen) atoms. The number of ether oxygens (including phenoxy) is 1. The largest absolute Gasteiger partial charge is 0.504 e. The van der Waals surface area contributed by atoms with Crippen molar-refractivity contribution in [3.8, 4) is 11.5 Å². The first-order chi connectivity index (χ1) is 9.20. The fourth-order valence-corrected chi connectivity index (χ4v) is 2.95. The van der Waals surface area contributed by atoms with E-state index in [0.717, 1.165) is 12.1 Å². The van der Waals surface area contributed by atoms with Crippen molar-refractivity contribution in [2.45, 2.75) is 51.1 Å². The molecule has 0 aliphatic heterocycles. The minimum Gasteiger partial charge on any atom is -0.504 e. The summed E-state index contributed by atoms with van der Waals surface area (Å²) in [5.74, 6) is 0.773. The molecule has 0 heterocycles. The Labute approximate surface area is 116 Å². The molecule has 1 aromatic carbocycles. The minimum atomic E-state index is 0.231. The lowest BCUT2D eigenvalue weighted by molar-refractivity contribution is 0.213. The van der Waals surface area contributed by atoms with Crippen LogP contribution >= 0.6 is 0 Å². The van der Waals surface area contributed by atoms with Crippen molar-refractivity contribution in [1.29, 1.82) is 0 Å². The Kier molecular flexibility index (Phi) is 5.08. The maximum atomic E-state index is 9.82. The Balaban J connectivity index is 1.97. The number of phenolic OH excluding ortho intramolecular Hbond substituents is 1. The molecule has 0 atom stereocenters. The van der Waals surface area contributed by atoms with Crippen molar-refractivity contribution < 1.29 is 9.84 Å². The summed E-state index contributed by atoms with van der Waals surface area (Å²) in [5, 5.41) is 9.82. The standard InChI is InChI=1S/C16H25NO2/c1-17(14-7-5-3-4-6-8-14)12-13-9-10-16(19-2)15(18)11-13/h9-11,14,18H,3-8,12H2,1-2H3. The molecule has 0 spiro atoms. The van der Waals surface area contributed by atoms with Crippen LogP contribution in [0.15, 0.2) is 18.2 Å². The van der Waals surface area contributed by atoms with Crippen molar-refractivity contribution in [3.63, 3.8) is 0 Å². The second-order valence-corrected chi connectivity index (χ2v) is 5.57. The van der Waals surface area contributed by atoms with Crippen LogP contribution in [0.3, 0.4) is 0 Å². The first kappa shape index (κ1) is 14.2. The van der Waals surface area contributed by atoms with Gasteiger partial charge in [0.05, 0.1) is 7.11 Å². The van der Waals surface area contributed by atoms with E-state index >= 15 is 0 Å². The van der Waals surface area contributed by atoms with Crippen LogP contribution in [0.5, 0.6) is 11.5 Å². The topological polar surface area (TPSA) is 32.7 Å². The van der Waals surface area contributed by atoms with Crippen molar-refractivity contribution in [2.24, 2.45) is 0 Å². The van der Waals surface area contributed by atoms with E-state index in [2.05, 4.69) is 11.9 Å². The second-order valence-electron chi connectivity index (χ2n) is 5.57. The number of rotatable bonds is 4. The van der Waals surface area contributed by atoms with Crippen LogP contribution in [0.2, 0.25) is 0 Å². The summed E-state index contributed by atoms with van der Waals surface area (Å²) in [6.45, 7) is 0.891. The minimum absolute atomic E-state index is 0.231. The van der Waals surface area contributed by atoms with E-state index in [1.54, 1.807) is 7.11 Å². The predicted molar refractivity (Wildman–Crippen MR) is 77.6 cm³/mol. The van der Waals surface area contributed by atoms with Crippen LogP contribution in [-0.2, 0) is 6.54 Å². The fraction of sp³-hybridized carbons (Fsp3) is 0.625. The monoisotopic (exact) mass is 263 g/mol. The van der Waals surface area contributed by atoms with Gasteiger partial charge in [-0.1, -0.05) is 31.7 Å². The Morgan fingerprint density at radius 3 is 2.47 bits per heavy atom. The molecule has 0 amide bonds. The van der Waals surface area contributed by atoms with Crippen molar-refractivity contribution >= 4 is 0 Å². The lowest BCUT2D eigenvalue weighted by atomic mass is 10.1.